The van der Waals surface area contributed by atoms with E-state index in [1.165, 1.54) is 57.8 Å². The molecule has 0 radical (unpaired) electrons. The van der Waals surface area contributed by atoms with Crippen LogP contribution in [0, 0.1) is 5.92 Å². The number of carbonyl (C=O) groups is 3. The number of cyclic esters (lactones) is 1. The molecule has 1 aliphatic rings. The van der Waals surface area contributed by atoms with Crippen LogP contribution in [0.3, 0.4) is 0 Å². The van der Waals surface area contributed by atoms with Gasteiger partial charge >= 0.3 is 11.9 Å². The molecule has 0 aromatic rings. The second-order valence-electron chi connectivity index (χ2n) is 10.3. The highest BCUT2D eigenvalue weighted by molar-refractivity contribution is 5.81. The molecular weight excluding hydrogens is 462 g/mol. The summed E-state index contributed by atoms with van der Waals surface area (Å²) in [6.07, 6.45) is 14.3. The fourth-order valence-corrected chi connectivity index (χ4v) is 4.52. The van der Waals surface area contributed by atoms with Crippen LogP contribution in [0.5, 0.6) is 0 Å². The van der Waals surface area contributed by atoms with E-state index in [4.69, 9.17) is 18.9 Å². The Hall–Kier alpha value is -1.67. The topological polar surface area (TPSA) is 100 Å². The molecule has 0 aromatic carbocycles. The first-order valence-corrected chi connectivity index (χ1v) is 14.1. The molecule has 1 heterocycles. The lowest BCUT2D eigenvalue weighted by Crippen LogP contribution is -2.54. The molecule has 1 N–H and O–H groups in total. The van der Waals surface area contributed by atoms with Gasteiger partial charge in [0.1, 0.15) is 18.2 Å². The molecule has 210 valence electrons. The maximum atomic E-state index is 12.8. The summed E-state index contributed by atoms with van der Waals surface area (Å²) < 4.78 is 21.7. The number of ether oxygens (including phenoxy) is 4. The van der Waals surface area contributed by atoms with E-state index in [9.17, 15) is 14.4 Å². The van der Waals surface area contributed by atoms with E-state index < -0.39 is 36.3 Å². The van der Waals surface area contributed by atoms with Crippen LogP contribution in [0.1, 0.15) is 111 Å². The largest absolute Gasteiger partial charge is 0.461 e. The molecule has 0 saturated carbocycles. The van der Waals surface area contributed by atoms with Gasteiger partial charge in [0.05, 0.1) is 13.2 Å². The standard InChI is InChI=1S/C28H51NO7/c1-5-6-7-8-9-10-11-12-13-14-15-16-23(35-27(31)24(29-21-30)19-22(2)3)20-25-26(28(32)36-25)34-18-17-33-4/h21-26H,5-20H2,1-4H3,(H,29,30)/t23?,24?,25-,26-/m0/s1. The zero-order chi connectivity index (χ0) is 26.6. The van der Waals surface area contributed by atoms with Gasteiger partial charge in [-0.05, 0) is 25.2 Å². The van der Waals surface area contributed by atoms with Crippen molar-refractivity contribution >= 4 is 18.3 Å². The summed E-state index contributed by atoms with van der Waals surface area (Å²) in [5.41, 5.74) is 0. The Morgan fingerprint density at radius 2 is 1.61 bits per heavy atom. The van der Waals surface area contributed by atoms with E-state index in [0.29, 0.717) is 38.9 Å². The molecule has 1 fully saturated rings. The lowest BCUT2D eigenvalue weighted by Gasteiger charge is -2.36. The summed E-state index contributed by atoms with van der Waals surface area (Å²) >= 11 is 0. The zero-order valence-corrected chi connectivity index (χ0v) is 23.1. The Morgan fingerprint density at radius 3 is 2.14 bits per heavy atom. The van der Waals surface area contributed by atoms with Crippen molar-refractivity contribution in [1.82, 2.24) is 5.32 Å². The van der Waals surface area contributed by atoms with Gasteiger partial charge in [-0.15, -0.1) is 0 Å². The minimum atomic E-state index is -0.681. The van der Waals surface area contributed by atoms with Gasteiger partial charge in [-0.1, -0.05) is 85.0 Å². The summed E-state index contributed by atoms with van der Waals surface area (Å²) in [4.78, 5) is 35.7. The van der Waals surface area contributed by atoms with Crippen molar-refractivity contribution in [2.24, 2.45) is 5.92 Å². The molecular formula is C28H51NO7. The van der Waals surface area contributed by atoms with Crippen LogP contribution < -0.4 is 5.32 Å². The molecule has 1 aliphatic heterocycles. The van der Waals surface area contributed by atoms with Crippen LogP contribution in [0.2, 0.25) is 0 Å². The van der Waals surface area contributed by atoms with Crippen LogP contribution >= 0.6 is 0 Å². The maximum Gasteiger partial charge on any atom is 0.339 e. The number of unbranched alkanes of at least 4 members (excludes halogenated alkanes) is 10. The van der Waals surface area contributed by atoms with Crippen LogP contribution in [0.15, 0.2) is 0 Å². The first kappa shape index (κ1) is 32.4. The molecule has 2 unspecified atom stereocenters. The summed E-state index contributed by atoms with van der Waals surface area (Å²) in [5, 5.41) is 2.58. The predicted octanol–water partition coefficient (Wildman–Crippen LogP) is 5.11. The molecule has 1 saturated heterocycles. The van der Waals surface area contributed by atoms with Gasteiger partial charge in [0.2, 0.25) is 6.41 Å². The van der Waals surface area contributed by atoms with E-state index >= 15 is 0 Å². The average molecular weight is 514 g/mol. The highest BCUT2D eigenvalue weighted by Gasteiger charge is 2.45. The molecule has 0 aliphatic carbocycles. The van der Waals surface area contributed by atoms with Crippen molar-refractivity contribution in [1.29, 1.82) is 0 Å². The lowest BCUT2D eigenvalue weighted by atomic mass is 9.97. The molecule has 8 nitrogen and oxygen atoms in total. The Kier molecular flexibility index (Phi) is 18.3. The van der Waals surface area contributed by atoms with Crippen molar-refractivity contribution in [2.75, 3.05) is 20.3 Å². The number of rotatable bonds is 24. The third kappa shape index (κ3) is 14.2. The van der Waals surface area contributed by atoms with Crippen molar-refractivity contribution in [3.8, 4) is 0 Å². The van der Waals surface area contributed by atoms with Gasteiger partial charge in [-0.25, -0.2) is 9.59 Å². The third-order valence-corrected chi connectivity index (χ3v) is 6.59. The SMILES string of the molecule is CCCCCCCCCCCCCC(C[C@@H]1OC(=O)[C@H]1OCCOC)OC(=O)C(CC(C)C)NC=O. The second kappa shape index (κ2) is 20.4. The summed E-state index contributed by atoms with van der Waals surface area (Å²) in [7, 11) is 1.57. The molecule has 1 amide bonds. The van der Waals surface area contributed by atoms with Crippen LogP contribution in [0.4, 0.5) is 0 Å². The fourth-order valence-electron chi connectivity index (χ4n) is 4.52. The Bertz CT molecular complexity index is 598. The normalized spacial score (nSPS) is 18.9. The lowest BCUT2D eigenvalue weighted by molar-refractivity contribution is -0.212. The van der Waals surface area contributed by atoms with Crippen LogP contribution in [-0.4, -0.2) is 63.0 Å². The third-order valence-electron chi connectivity index (χ3n) is 6.59. The average Bonchev–Trinajstić information content (AvgIpc) is 2.84. The highest BCUT2D eigenvalue weighted by atomic mass is 16.6. The van der Waals surface area contributed by atoms with Gasteiger partial charge in [-0.3, -0.25) is 4.79 Å². The highest BCUT2D eigenvalue weighted by Crippen LogP contribution is 2.26. The Labute approximate surface area is 218 Å². The number of hydrogen-bond donors (Lipinski definition) is 1. The number of amides is 1. The fraction of sp³-hybridized carbons (Fsp3) is 0.893. The first-order chi connectivity index (χ1) is 17.4. The minimum Gasteiger partial charge on any atom is -0.461 e. The molecule has 8 heteroatoms. The van der Waals surface area contributed by atoms with E-state index in [1.54, 1.807) is 7.11 Å². The van der Waals surface area contributed by atoms with E-state index in [1.807, 2.05) is 13.8 Å². The molecule has 0 bridgehead atoms. The van der Waals surface area contributed by atoms with Gasteiger partial charge in [0, 0.05) is 13.5 Å². The van der Waals surface area contributed by atoms with Gasteiger partial charge in [-0.2, -0.15) is 0 Å². The second-order valence-corrected chi connectivity index (χ2v) is 10.3. The van der Waals surface area contributed by atoms with Crippen molar-refractivity contribution in [3.05, 3.63) is 0 Å². The van der Waals surface area contributed by atoms with E-state index in [-0.39, 0.29) is 5.92 Å². The van der Waals surface area contributed by atoms with Crippen LogP contribution in [-0.2, 0) is 33.3 Å². The minimum absolute atomic E-state index is 0.228. The number of methoxy groups -OCH3 is 1. The Balaban J connectivity index is 2.51. The van der Waals surface area contributed by atoms with Gasteiger partial charge < -0.3 is 24.3 Å². The number of carbonyl (C=O) groups excluding carboxylic acids is 3. The first-order valence-electron chi connectivity index (χ1n) is 14.1. The molecule has 1 rings (SSSR count). The number of nitrogens with one attached hydrogen (secondary N) is 1. The maximum absolute atomic E-state index is 12.8. The molecule has 0 aromatic heterocycles. The van der Waals surface area contributed by atoms with E-state index in [2.05, 4.69) is 12.2 Å². The Morgan fingerprint density at radius 1 is 1.00 bits per heavy atom. The predicted molar refractivity (Wildman–Crippen MR) is 140 cm³/mol. The molecule has 0 spiro atoms. The van der Waals surface area contributed by atoms with Crippen LogP contribution in [0.25, 0.3) is 0 Å². The monoisotopic (exact) mass is 513 g/mol. The van der Waals surface area contributed by atoms with Gasteiger partial charge in [0.25, 0.3) is 0 Å². The molecule has 36 heavy (non-hydrogen) atoms. The van der Waals surface area contributed by atoms with E-state index in [0.717, 1.165) is 12.8 Å². The summed E-state index contributed by atoms with van der Waals surface area (Å²) in [6.45, 7) is 6.92. The zero-order valence-electron chi connectivity index (χ0n) is 23.1. The van der Waals surface area contributed by atoms with Crippen molar-refractivity contribution in [3.63, 3.8) is 0 Å². The smallest absolute Gasteiger partial charge is 0.339 e. The number of esters is 2. The quantitative estimate of drug-likeness (QED) is 0.109. The molecule has 4 atom stereocenters. The van der Waals surface area contributed by atoms with Crippen molar-refractivity contribution in [2.45, 2.75) is 135 Å². The van der Waals surface area contributed by atoms with Gasteiger partial charge in [0.15, 0.2) is 6.10 Å². The summed E-state index contributed by atoms with van der Waals surface area (Å²) in [5.74, 6) is -0.603. The van der Waals surface area contributed by atoms with Crippen molar-refractivity contribution < 1.29 is 33.3 Å². The number of hydrogen-bond acceptors (Lipinski definition) is 7. The summed E-state index contributed by atoms with van der Waals surface area (Å²) in [6, 6.07) is -0.681.